The fourth-order valence-corrected chi connectivity index (χ4v) is 3.36. The highest BCUT2D eigenvalue weighted by atomic mass is 32.1. The molecule has 1 saturated heterocycles. The first-order valence-corrected chi connectivity index (χ1v) is 10.0. The summed E-state index contributed by atoms with van der Waals surface area (Å²) in [7, 11) is 0. The molecule has 0 radical (unpaired) electrons. The summed E-state index contributed by atoms with van der Waals surface area (Å²) in [5.41, 5.74) is 1.63. The van der Waals surface area contributed by atoms with Crippen LogP contribution in [0.5, 0.6) is 0 Å². The molecule has 1 aliphatic heterocycles. The number of hydrogen-bond donors (Lipinski definition) is 3. The number of amides is 1. The molecule has 0 aromatic carbocycles. The number of ether oxygens (including phenoxy) is 1. The van der Waals surface area contributed by atoms with Gasteiger partial charge in [-0.2, -0.15) is 0 Å². The van der Waals surface area contributed by atoms with Crippen molar-refractivity contribution in [1.82, 2.24) is 20.2 Å². The molecule has 0 atom stereocenters. The van der Waals surface area contributed by atoms with Crippen molar-refractivity contribution in [2.24, 2.45) is 0 Å². The number of hydrogen-bond acceptors (Lipinski definition) is 7. The van der Waals surface area contributed by atoms with E-state index in [1.54, 1.807) is 23.5 Å². The number of aryl methyl sites for hydroxylation is 1. The van der Waals surface area contributed by atoms with Gasteiger partial charge in [0.1, 0.15) is 5.76 Å². The Morgan fingerprint density at radius 2 is 2.14 bits per heavy atom. The van der Waals surface area contributed by atoms with Gasteiger partial charge in [-0.3, -0.25) is 4.98 Å². The molecule has 10 heteroatoms. The molecule has 3 heterocycles. The first-order valence-electron chi connectivity index (χ1n) is 9.63. The molecule has 1 fully saturated rings. The van der Waals surface area contributed by atoms with Crippen molar-refractivity contribution in [2.75, 3.05) is 30.3 Å². The summed E-state index contributed by atoms with van der Waals surface area (Å²) in [6, 6.07) is 2.06. The standard InChI is InChI=1S/C19H26N6O3S/c1-3-27-19(26)25-8-5-14(6-9-25)23-18(29)24-16-4-7-20-12-17(16)22-11-15-10-21-13(2)28-15/h4,7,10,12,14,22H,3,5-6,8-9,11H2,1-2H3,(H2,20,23,24,29). The van der Waals surface area contributed by atoms with Gasteiger partial charge < -0.3 is 30.0 Å². The van der Waals surface area contributed by atoms with E-state index in [4.69, 9.17) is 21.4 Å². The zero-order chi connectivity index (χ0) is 20.6. The van der Waals surface area contributed by atoms with Gasteiger partial charge in [-0.1, -0.05) is 0 Å². The maximum absolute atomic E-state index is 11.8. The number of rotatable bonds is 6. The summed E-state index contributed by atoms with van der Waals surface area (Å²) >= 11 is 5.48. The number of anilines is 2. The van der Waals surface area contributed by atoms with Crippen molar-refractivity contribution in [2.45, 2.75) is 39.3 Å². The Morgan fingerprint density at radius 1 is 1.34 bits per heavy atom. The Kier molecular flexibility index (Phi) is 7.23. The van der Waals surface area contributed by atoms with E-state index < -0.39 is 0 Å². The van der Waals surface area contributed by atoms with Crippen molar-refractivity contribution in [3.05, 3.63) is 36.3 Å². The molecule has 3 N–H and O–H groups in total. The van der Waals surface area contributed by atoms with Crippen LogP contribution in [-0.4, -0.2) is 51.8 Å². The minimum Gasteiger partial charge on any atom is -0.450 e. The van der Waals surface area contributed by atoms with E-state index in [-0.39, 0.29) is 12.1 Å². The van der Waals surface area contributed by atoms with Crippen molar-refractivity contribution < 1.29 is 13.9 Å². The zero-order valence-corrected chi connectivity index (χ0v) is 17.4. The molecule has 2 aromatic heterocycles. The number of pyridine rings is 1. The summed E-state index contributed by atoms with van der Waals surface area (Å²) in [5, 5.41) is 10.4. The summed E-state index contributed by atoms with van der Waals surface area (Å²) in [6.45, 7) is 5.81. The number of likely N-dealkylation sites (tertiary alicyclic amines) is 1. The van der Waals surface area contributed by atoms with Crippen LogP contribution in [0.3, 0.4) is 0 Å². The second-order valence-electron chi connectivity index (χ2n) is 6.68. The van der Waals surface area contributed by atoms with Crippen LogP contribution in [-0.2, 0) is 11.3 Å². The maximum atomic E-state index is 11.8. The van der Waals surface area contributed by atoms with E-state index in [0.717, 1.165) is 30.0 Å². The lowest BCUT2D eigenvalue weighted by atomic mass is 10.1. The normalized spacial score (nSPS) is 14.3. The van der Waals surface area contributed by atoms with Crippen LogP contribution in [0.25, 0.3) is 0 Å². The number of nitrogens with zero attached hydrogens (tertiary/aromatic N) is 3. The van der Waals surface area contributed by atoms with Crippen molar-refractivity contribution >= 4 is 34.8 Å². The van der Waals surface area contributed by atoms with Crippen molar-refractivity contribution in [3.63, 3.8) is 0 Å². The number of oxazole rings is 1. The van der Waals surface area contributed by atoms with Crippen LogP contribution in [0.1, 0.15) is 31.4 Å². The zero-order valence-electron chi connectivity index (χ0n) is 16.6. The SMILES string of the molecule is CCOC(=O)N1CCC(NC(=S)Nc2ccncc2NCc2cnc(C)o2)CC1. The van der Waals surface area contributed by atoms with Crippen LogP contribution in [0.15, 0.2) is 29.1 Å². The number of nitrogens with one attached hydrogen (secondary N) is 3. The van der Waals surface area contributed by atoms with Gasteiger partial charge in [0, 0.05) is 32.3 Å². The van der Waals surface area contributed by atoms with Gasteiger partial charge in [-0.05, 0) is 38.0 Å². The maximum Gasteiger partial charge on any atom is 0.409 e. The van der Waals surface area contributed by atoms with Gasteiger partial charge in [-0.25, -0.2) is 9.78 Å². The highest BCUT2D eigenvalue weighted by Gasteiger charge is 2.24. The summed E-state index contributed by atoms with van der Waals surface area (Å²) in [5.74, 6) is 1.37. The van der Waals surface area contributed by atoms with Gasteiger partial charge in [0.2, 0.25) is 0 Å². The molecule has 0 spiro atoms. The van der Waals surface area contributed by atoms with Crippen LogP contribution in [0.4, 0.5) is 16.2 Å². The molecule has 0 saturated carbocycles. The summed E-state index contributed by atoms with van der Waals surface area (Å²) in [6.07, 6.45) is 6.50. The Labute approximate surface area is 175 Å². The lowest BCUT2D eigenvalue weighted by Gasteiger charge is -2.32. The molecule has 0 aliphatic carbocycles. The highest BCUT2D eigenvalue weighted by molar-refractivity contribution is 7.80. The largest absolute Gasteiger partial charge is 0.450 e. The number of carbonyl (C=O) groups excluding carboxylic acids is 1. The monoisotopic (exact) mass is 418 g/mol. The third-order valence-corrected chi connectivity index (χ3v) is 4.77. The van der Waals surface area contributed by atoms with Gasteiger partial charge in [0.15, 0.2) is 11.0 Å². The number of aromatic nitrogens is 2. The molecule has 9 nitrogen and oxygen atoms in total. The lowest BCUT2D eigenvalue weighted by molar-refractivity contribution is 0.0964. The molecule has 156 valence electrons. The molecule has 29 heavy (non-hydrogen) atoms. The van der Waals surface area contributed by atoms with Gasteiger partial charge in [0.05, 0.1) is 36.9 Å². The third-order valence-electron chi connectivity index (χ3n) is 4.55. The Morgan fingerprint density at radius 3 is 2.83 bits per heavy atom. The minimum atomic E-state index is -0.249. The average molecular weight is 419 g/mol. The third kappa shape index (κ3) is 6.05. The highest BCUT2D eigenvalue weighted by Crippen LogP contribution is 2.21. The number of piperidine rings is 1. The Balaban J connectivity index is 1.49. The topological polar surface area (TPSA) is 105 Å². The molecule has 0 unspecified atom stereocenters. The molecule has 0 bridgehead atoms. The van der Waals surface area contributed by atoms with E-state index in [9.17, 15) is 4.79 Å². The van der Waals surface area contributed by atoms with Gasteiger partial charge >= 0.3 is 6.09 Å². The fraction of sp³-hybridized carbons (Fsp3) is 0.474. The van der Waals surface area contributed by atoms with Crippen molar-refractivity contribution in [3.8, 4) is 0 Å². The molecular formula is C19H26N6O3S. The van der Waals surface area contributed by atoms with E-state index in [0.29, 0.717) is 37.2 Å². The summed E-state index contributed by atoms with van der Waals surface area (Å²) < 4.78 is 10.5. The van der Waals surface area contributed by atoms with Crippen LogP contribution < -0.4 is 16.0 Å². The average Bonchev–Trinajstić information content (AvgIpc) is 3.13. The molecule has 1 aliphatic rings. The minimum absolute atomic E-state index is 0.205. The summed E-state index contributed by atoms with van der Waals surface area (Å²) in [4.78, 5) is 21.8. The van der Waals surface area contributed by atoms with Crippen molar-refractivity contribution in [1.29, 1.82) is 0 Å². The second kappa shape index (κ2) is 10.1. The molecule has 1 amide bonds. The van der Waals surface area contributed by atoms with E-state index in [2.05, 4.69) is 25.9 Å². The molecule has 2 aromatic rings. The smallest absolute Gasteiger partial charge is 0.409 e. The Bertz CT molecular complexity index is 835. The Hall–Kier alpha value is -2.88. The first-order chi connectivity index (χ1) is 14.0. The first kappa shape index (κ1) is 20.8. The van der Waals surface area contributed by atoms with Gasteiger partial charge in [0.25, 0.3) is 0 Å². The molecular weight excluding hydrogens is 392 g/mol. The quantitative estimate of drug-likeness (QED) is 0.611. The lowest BCUT2D eigenvalue weighted by Crippen LogP contribution is -2.47. The van der Waals surface area contributed by atoms with E-state index >= 15 is 0 Å². The van der Waals surface area contributed by atoms with Crippen LogP contribution in [0.2, 0.25) is 0 Å². The van der Waals surface area contributed by atoms with E-state index in [1.165, 1.54) is 0 Å². The van der Waals surface area contributed by atoms with Crippen LogP contribution >= 0.6 is 12.2 Å². The molecule has 3 rings (SSSR count). The predicted molar refractivity (Wildman–Crippen MR) is 114 cm³/mol. The van der Waals surface area contributed by atoms with Crippen LogP contribution in [0, 0.1) is 6.92 Å². The fourth-order valence-electron chi connectivity index (χ4n) is 3.08. The van der Waals surface area contributed by atoms with Gasteiger partial charge in [-0.15, -0.1) is 0 Å². The predicted octanol–water partition coefficient (Wildman–Crippen LogP) is 2.90. The number of carbonyl (C=O) groups is 1. The van der Waals surface area contributed by atoms with E-state index in [1.807, 2.05) is 19.9 Å². The number of thiocarbonyl (C=S) groups is 1. The second-order valence-corrected chi connectivity index (χ2v) is 7.09.